The number of halogens is 1. The topological polar surface area (TPSA) is 55.2 Å². The van der Waals surface area contributed by atoms with Crippen LogP contribution in [0.25, 0.3) is 0 Å². The molecule has 0 amide bonds. The van der Waals surface area contributed by atoms with Crippen LogP contribution >= 0.6 is 11.6 Å². The molecule has 70 valence electrons. The molecule has 0 aliphatic carbocycles. The Morgan fingerprint density at radius 1 is 1.62 bits per heavy atom. The van der Waals surface area contributed by atoms with Crippen molar-refractivity contribution in [2.24, 2.45) is 0 Å². The van der Waals surface area contributed by atoms with Gasteiger partial charge in [-0.1, -0.05) is 17.7 Å². The van der Waals surface area contributed by atoms with Crippen molar-refractivity contribution in [3.63, 3.8) is 0 Å². The number of nitro benzene ring substituents is 1. The summed E-state index contributed by atoms with van der Waals surface area (Å²) in [5.41, 5.74) is 0.394. The van der Waals surface area contributed by atoms with Gasteiger partial charge in [-0.15, -0.1) is 0 Å². The number of anilines is 1. The summed E-state index contributed by atoms with van der Waals surface area (Å²) < 4.78 is 0. The second-order valence-corrected chi connectivity index (χ2v) is 2.83. The highest BCUT2D eigenvalue weighted by molar-refractivity contribution is 6.33. The molecule has 1 aromatic rings. The zero-order chi connectivity index (χ0) is 9.84. The van der Waals surface area contributed by atoms with E-state index in [0.717, 1.165) is 0 Å². The van der Waals surface area contributed by atoms with E-state index in [9.17, 15) is 10.1 Å². The van der Waals surface area contributed by atoms with Gasteiger partial charge in [-0.3, -0.25) is 10.1 Å². The average molecular weight is 201 g/mol. The molecule has 4 nitrogen and oxygen atoms in total. The van der Waals surface area contributed by atoms with Gasteiger partial charge in [0, 0.05) is 6.54 Å². The van der Waals surface area contributed by atoms with Gasteiger partial charge in [0.15, 0.2) is 0 Å². The predicted molar refractivity (Wildman–Crippen MR) is 52.3 cm³/mol. The van der Waals surface area contributed by atoms with Crippen LogP contribution in [0.15, 0.2) is 18.2 Å². The highest BCUT2D eigenvalue weighted by atomic mass is 35.5. The quantitative estimate of drug-likeness (QED) is 0.603. The largest absolute Gasteiger partial charge is 0.380 e. The molecule has 0 heterocycles. The molecular weight excluding hydrogens is 192 g/mol. The van der Waals surface area contributed by atoms with Crippen molar-refractivity contribution in [2.45, 2.75) is 6.92 Å². The standard InChI is InChI=1S/C8H9ClN2O2/c1-2-10-7-5-3-4-6(9)8(7)11(12)13/h3-5,10H,2H2,1H3. The van der Waals surface area contributed by atoms with Crippen molar-refractivity contribution in [3.8, 4) is 0 Å². The Hall–Kier alpha value is -1.29. The molecule has 13 heavy (non-hydrogen) atoms. The lowest BCUT2D eigenvalue weighted by Gasteiger charge is -2.04. The molecular formula is C8H9ClN2O2. The van der Waals surface area contributed by atoms with E-state index < -0.39 is 4.92 Å². The van der Waals surface area contributed by atoms with E-state index in [1.165, 1.54) is 6.07 Å². The van der Waals surface area contributed by atoms with Gasteiger partial charge in [-0.05, 0) is 19.1 Å². The predicted octanol–water partition coefficient (Wildman–Crippen LogP) is 2.68. The van der Waals surface area contributed by atoms with Crippen LogP contribution in [0.5, 0.6) is 0 Å². The minimum Gasteiger partial charge on any atom is -0.380 e. The molecule has 0 aliphatic rings. The number of benzene rings is 1. The van der Waals surface area contributed by atoms with E-state index >= 15 is 0 Å². The third kappa shape index (κ3) is 2.09. The Balaban J connectivity index is 3.17. The first kappa shape index (κ1) is 9.80. The fourth-order valence-corrected chi connectivity index (χ4v) is 1.28. The molecule has 0 radical (unpaired) electrons. The Kier molecular flexibility index (Phi) is 3.08. The molecule has 0 atom stereocenters. The van der Waals surface area contributed by atoms with Crippen molar-refractivity contribution in [1.29, 1.82) is 0 Å². The molecule has 5 heteroatoms. The number of hydrogen-bond donors (Lipinski definition) is 1. The van der Waals surface area contributed by atoms with Gasteiger partial charge in [0.1, 0.15) is 10.7 Å². The Bertz CT molecular complexity index is 328. The molecule has 0 saturated carbocycles. The maximum atomic E-state index is 10.6. The SMILES string of the molecule is CCNc1cccc(Cl)c1[N+](=O)[O-]. The number of nitrogens with one attached hydrogen (secondary N) is 1. The highest BCUT2D eigenvalue weighted by Gasteiger charge is 2.16. The number of nitrogens with zero attached hydrogens (tertiary/aromatic N) is 1. The van der Waals surface area contributed by atoms with Gasteiger partial charge in [0.2, 0.25) is 0 Å². The van der Waals surface area contributed by atoms with Crippen molar-refractivity contribution >= 4 is 23.0 Å². The second-order valence-electron chi connectivity index (χ2n) is 2.42. The second kappa shape index (κ2) is 4.09. The van der Waals surface area contributed by atoms with E-state index in [-0.39, 0.29) is 10.7 Å². The molecule has 1 aromatic carbocycles. The van der Waals surface area contributed by atoms with E-state index in [0.29, 0.717) is 12.2 Å². The third-order valence-corrected chi connectivity index (χ3v) is 1.84. The minimum absolute atomic E-state index is 0.0639. The lowest BCUT2D eigenvalue weighted by Crippen LogP contribution is -2.01. The molecule has 0 fully saturated rings. The van der Waals surface area contributed by atoms with E-state index in [1.54, 1.807) is 12.1 Å². The Morgan fingerprint density at radius 3 is 2.85 bits per heavy atom. The van der Waals surface area contributed by atoms with Crippen LogP contribution in [0.1, 0.15) is 6.92 Å². The number of rotatable bonds is 3. The van der Waals surface area contributed by atoms with E-state index in [2.05, 4.69) is 5.32 Å². The summed E-state index contributed by atoms with van der Waals surface area (Å²) in [6.07, 6.45) is 0. The molecule has 0 aromatic heterocycles. The first-order valence-electron chi connectivity index (χ1n) is 3.83. The van der Waals surface area contributed by atoms with E-state index in [1.807, 2.05) is 6.92 Å². The van der Waals surface area contributed by atoms with Gasteiger partial charge in [0.05, 0.1) is 4.92 Å². The summed E-state index contributed by atoms with van der Waals surface area (Å²) in [6.45, 7) is 2.49. The van der Waals surface area contributed by atoms with Crippen LogP contribution in [0.2, 0.25) is 5.02 Å². The fourth-order valence-electron chi connectivity index (χ4n) is 1.03. The van der Waals surface area contributed by atoms with Crippen molar-refractivity contribution in [3.05, 3.63) is 33.3 Å². The van der Waals surface area contributed by atoms with Gasteiger partial charge in [-0.25, -0.2) is 0 Å². The molecule has 1 N–H and O–H groups in total. The van der Waals surface area contributed by atoms with Gasteiger partial charge in [-0.2, -0.15) is 0 Å². The third-order valence-electron chi connectivity index (χ3n) is 1.54. The van der Waals surface area contributed by atoms with Crippen LogP contribution in [-0.2, 0) is 0 Å². The van der Waals surface area contributed by atoms with Crippen LogP contribution in [0.3, 0.4) is 0 Å². The normalized spacial score (nSPS) is 9.69. The number of para-hydroxylation sites is 1. The molecule has 0 aliphatic heterocycles. The van der Waals surface area contributed by atoms with Crippen LogP contribution in [0, 0.1) is 10.1 Å². The van der Waals surface area contributed by atoms with Crippen LogP contribution < -0.4 is 5.32 Å². The summed E-state index contributed by atoms with van der Waals surface area (Å²) in [5.74, 6) is 0. The summed E-state index contributed by atoms with van der Waals surface area (Å²) in [6, 6.07) is 4.81. The van der Waals surface area contributed by atoms with Crippen LogP contribution in [0.4, 0.5) is 11.4 Å². The minimum atomic E-state index is -0.486. The lowest BCUT2D eigenvalue weighted by atomic mass is 10.2. The average Bonchev–Trinajstić information content (AvgIpc) is 2.04. The number of nitro groups is 1. The first-order chi connectivity index (χ1) is 6.16. The van der Waals surface area contributed by atoms with Crippen molar-refractivity contribution in [2.75, 3.05) is 11.9 Å². The monoisotopic (exact) mass is 200 g/mol. The molecule has 0 bridgehead atoms. The van der Waals surface area contributed by atoms with Crippen molar-refractivity contribution in [1.82, 2.24) is 0 Å². The zero-order valence-corrected chi connectivity index (χ0v) is 7.84. The summed E-state index contributed by atoms with van der Waals surface area (Å²) in [4.78, 5) is 10.1. The van der Waals surface area contributed by atoms with Gasteiger partial charge < -0.3 is 5.32 Å². The molecule has 0 spiro atoms. The van der Waals surface area contributed by atoms with Crippen molar-refractivity contribution < 1.29 is 4.92 Å². The zero-order valence-electron chi connectivity index (χ0n) is 7.08. The van der Waals surface area contributed by atoms with Gasteiger partial charge in [0.25, 0.3) is 0 Å². The summed E-state index contributed by atoms with van der Waals surface area (Å²) in [5, 5.41) is 13.6. The molecule has 0 unspecified atom stereocenters. The van der Waals surface area contributed by atoms with Gasteiger partial charge >= 0.3 is 5.69 Å². The Labute approximate surface area is 80.7 Å². The molecule has 1 rings (SSSR count). The van der Waals surface area contributed by atoms with Crippen LogP contribution in [-0.4, -0.2) is 11.5 Å². The maximum absolute atomic E-state index is 10.6. The first-order valence-corrected chi connectivity index (χ1v) is 4.21. The summed E-state index contributed by atoms with van der Waals surface area (Å²) in [7, 11) is 0. The lowest BCUT2D eigenvalue weighted by molar-refractivity contribution is -0.383. The molecule has 0 saturated heterocycles. The smallest absolute Gasteiger partial charge is 0.310 e. The number of hydrogen-bond acceptors (Lipinski definition) is 3. The Morgan fingerprint density at radius 2 is 2.31 bits per heavy atom. The maximum Gasteiger partial charge on any atom is 0.310 e. The highest BCUT2D eigenvalue weighted by Crippen LogP contribution is 2.31. The fraction of sp³-hybridized carbons (Fsp3) is 0.250. The summed E-state index contributed by atoms with van der Waals surface area (Å²) >= 11 is 5.68. The van der Waals surface area contributed by atoms with E-state index in [4.69, 9.17) is 11.6 Å².